The lowest BCUT2D eigenvalue weighted by atomic mass is 10.0. The Labute approximate surface area is 199 Å². The van der Waals surface area contributed by atoms with Gasteiger partial charge in [0, 0.05) is 35.4 Å². The van der Waals surface area contributed by atoms with Crippen molar-refractivity contribution < 1.29 is 0 Å². The molecule has 0 aliphatic heterocycles. The van der Waals surface area contributed by atoms with Crippen LogP contribution in [0.25, 0.3) is 10.9 Å². The Morgan fingerprint density at radius 2 is 1.88 bits per heavy atom. The number of aromatic nitrogens is 2. The van der Waals surface area contributed by atoms with Gasteiger partial charge in [-0.15, -0.1) is 0 Å². The number of hydrogen-bond acceptors (Lipinski definition) is 3. The van der Waals surface area contributed by atoms with Crippen molar-refractivity contribution in [3.05, 3.63) is 111 Å². The molecule has 6 heteroatoms. The summed E-state index contributed by atoms with van der Waals surface area (Å²) in [5.74, 6) is 0. The standard InChI is InChI=1S/C27H28N4OS/c1-18-12-19(2)24-14-23(26(32)30-25(24)13-18)17-31(16-21-8-7-11-28-15-21)27(33)29-20(3)22-9-5-4-6-10-22/h4-15,20H,16-17H2,1-3H3,(H,29,33)(H,30,32)/t20-/m0/s1. The molecule has 168 valence electrons. The highest BCUT2D eigenvalue weighted by molar-refractivity contribution is 7.80. The van der Waals surface area contributed by atoms with Crippen LogP contribution in [0.2, 0.25) is 0 Å². The molecule has 2 N–H and O–H groups in total. The van der Waals surface area contributed by atoms with Crippen LogP contribution in [0.4, 0.5) is 0 Å². The van der Waals surface area contributed by atoms with Gasteiger partial charge < -0.3 is 15.2 Å². The van der Waals surface area contributed by atoms with E-state index in [-0.39, 0.29) is 11.6 Å². The van der Waals surface area contributed by atoms with Gasteiger partial charge in [0.15, 0.2) is 5.11 Å². The molecule has 0 amide bonds. The van der Waals surface area contributed by atoms with Crippen LogP contribution in [0.15, 0.2) is 77.9 Å². The van der Waals surface area contributed by atoms with Gasteiger partial charge in [-0.05, 0) is 73.4 Å². The zero-order chi connectivity index (χ0) is 23.4. The predicted molar refractivity (Wildman–Crippen MR) is 138 cm³/mol. The summed E-state index contributed by atoms with van der Waals surface area (Å²) in [7, 11) is 0. The first-order valence-corrected chi connectivity index (χ1v) is 11.4. The summed E-state index contributed by atoms with van der Waals surface area (Å²) in [6.45, 7) is 7.12. The molecule has 0 aliphatic rings. The van der Waals surface area contributed by atoms with Crippen LogP contribution in [0, 0.1) is 13.8 Å². The lowest BCUT2D eigenvalue weighted by Gasteiger charge is -2.28. The molecule has 0 saturated carbocycles. The lowest BCUT2D eigenvalue weighted by Crippen LogP contribution is -2.41. The van der Waals surface area contributed by atoms with Crippen LogP contribution in [-0.4, -0.2) is 20.0 Å². The van der Waals surface area contributed by atoms with Gasteiger partial charge in [0.1, 0.15) is 0 Å². The number of thiocarbonyl (C=S) groups is 1. The quantitative estimate of drug-likeness (QED) is 0.392. The highest BCUT2D eigenvalue weighted by atomic mass is 32.1. The van der Waals surface area contributed by atoms with Gasteiger partial charge in [-0.2, -0.15) is 0 Å². The number of nitrogens with zero attached hydrogens (tertiary/aromatic N) is 2. The van der Waals surface area contributed by atoms with E-state index >= 15 is 0 Å². The van der Waals surface area contributed by atoms with Crippen LogP contribution in [0.3, 0.4) is 0 Å². The Bertz CT molecular complexity index is 1320. The fraction of sp³-hybridized carbons (Fsp3) is 0.222. The Balaban J connectivity index is 1.64. The second-order valence-electron chi connectivity index (χ2n) is 8.47. The highest BCUT2D eigenvalue weighted by Crippen LogP contribution is 2.20. The molecule has 0 spiro atoms. The van der Waals surface area contributed by atoms with E-state index in [1.54, 1.807) is 6.20 Å². The molecular formula is C27H28N4OS. The minimum Gasteiger partial charge on any atom is -0.356 e. The highest BCUT2D eigenvalue weighted by Gasteiger charge is 2.17. The summed E-state index contributed by atoms with van der Waals surface area (Å²) >= 11 is 5.81. The third-order valence-corrected chi connectivity index (χ3v) is 6.15. The maximum Gasteiger partial charge on any atom is 0.253 e. The molecule has 0 fully saturated rings. The van der Waals surface area contributed by atoms with Crippen molar-refractivity contribution >= 4 is 28.2 Å². The summed E-state index contributed by atoms with van der Waals surface area (Å²) in [6.07, 6.45) is 3.58. The van der Waals surface area contributed by atoms with Crippen molar-refractivity contribution in [3.63, 3.8) is 0 Å². The first-order chi connectivity index (χ1) is 15.9. The number of benzene rings is 2. The van der Waals surface area contributed by atoms with Gasteiger partial charge in [-0.3, -0.25) is 9.78 Å². The number of rotatable bonds is 6. The van der Waals surface area contributed by atoms with Crippen molar-refractivity contribution in [3.8, 4) is 0 Å². The molecule has 1 atom stereocenters. The summed E-state index contributed by atoms with van der Waals surface area (Å²) in [6, 6.07) is 20.3. The fourth-order valence-electron chi connectivity index (χ4n) is 4.05. The minimum absolute atomic E-state index is 0.0372. The average Bonchev–Trinajstić information content (AvgIpc) is 2.80. The molecule has 2 aromatic carbocycles. The van der Waals surface area contributed by atoms with Gasteiger partial charge in [-0.1, -0.05) is 42.5 Å². The Hall–Kier alpha value is -3.51. The fourth-order valence-corrected chi connectivity index (χ4v) is 4.36. The van der Waals surface area contributed by atoms with Crippen molar-refractivity contribution in [2.75, 3.05) is 0 Å². The van der Waals surface area contributed by atoms with E-state index in [2.05, 4.69) is 47.3 Å². The van der Waals surface area contributed by atoms with Gasteiger partial charge in [0.05, 0.1) is 12.6 Å². The zero-order valence-corrected chi connectivity index (χ0v) is 19.9. The first-order valence-electron chi connectivity index (χ1n) is 11.0. The largest absolute Gasteiger partial charge is 0.356 e. The van der Waals surface area contributed by atoms with Crippen LogP contribution >= 0.6 is 12.2 Å². The summed E-state index contributed by atoms with van der Waals surface area (Å²) < 4.78 is 0. The molecule has 2 aromatic heterocycles. The van der Waals surface area contributed by atoms with E-state index in [0.717, 1.165) is 33.2 Å². The van der Waals surface area contributed by atoms with E-state index < -0.39 is 0 Å². The van der Waals surface area contributed by atoms with Crippen molar-refractivity contribution in [2.24, 2.45) is 0 Å². The predicted octanol–water partition coefficient (Wildman–Crippen LogP) is 5.18. The monoisotopic (exact) mass is 456 g/mol. The molecule has 33 heavy (non-hydrogen) atoms. The molecular weight excluding hydrogens is 428 g/mol. The molecule has 5 nitrogen and oxygen atoms in total. The number of H-pyrrole nitrogens is 1. The second kappa shape index (κ2) is 9.96. The number of nitrogens with one attached hydrogen (secondary N) is 2. The number of aromatic amines is 1. The zero-order valence-electron chi connectivity index (χ0n) is 19.1. The topological polar surface area (TPSA) is 61.0 Å². The Morgan fingerprint density at radius 1 is 1.09 bits per heavy atom. The van der Waals surface area contributed by atoms with Gasteiger partial charge >= 0.3 is 0 Å². The van der Waals surface area contributed by atoms with E-state index in [4.69, 9.17) is 12.2 Å². The van der Waals surface area contributed by atoms with Gasteiger partial charge in [-0.25, -0.2) is 0 Å². The van der Waals surface area contributed by atoms with Crippen molar-refractivity contribution in [2.45, 2.75) is 39.9 Å². The third-order valence-electron chi connectivity index (χ3n) is 5.77. The van der Waals surface area contributed by atoms with Crippen molar-refractivity contribution in [1.82, 2.24) is 20.2 Å². The average molecular weight is 457 g/mol. The van der Waals surface area contributed by atoms with E-state index in [1.807, 2.05) is 60.5 Å². The third kappa shape index (κ3) is 5.46. The summed E-state index contributed by atoms with van der Waals surface area (Å²) in [5.41, 5.74) is 5.88. The number of fused-ring (bicyclic) bond motifs is 1. The smallest absolute Gasteiger partial charge is 0.253 e. The molecule has 0 unspecified atom stereocenters. The number of hydrogen-bond donors (Lipinski definition) is 2. The molecule has 2 heterocycles. The SMILES string of the molecule is Cc1cc(C)c2cc(CN(Cc3cccnc3)C(=S)N[C@@H](C)c3ccccc3)c(=O)[nH]c2c1. The van der Waals surface area contributed by atoms with E-state index in [1.165, 1.54) is 0 Å². The Kier molecular flexibility index (Phi) is 6.84. The molecule has 0 saturated heterocycles. The van der Waals surface area contributed by atoms with Gasteiger partial charge in [0.25, 0.3) is 5.56 Å². The molecule has 0 aliphatic carbocycles. The maximum absolute atomic E-state index is 13.0. The summed E-state index contributed by atoms with van der Waals surface area (Å²) in [4.78, 5) is 22.3. The van der Waals surface area contributed by atoms with E-state index in [0.29, 0.717) is 23.8 Å². The second-order valence-corrected chi connectivity index (χ2v) is 8.85. The minimum atomic E-state index is -0.0948. The molecule has 4 rings (SSSR count). The lowest BCUT2D eigenvalue weighted by molar-refractivity contribution is 0.391. The molecule has 4 aromatic rings. The van der Waals surface area contributed by atoms with Crippen LogP contribution in [0.5, 0.6) is 0 Å². The summed E-state index contributed by atoms with van der Waals surface area (Å²) in [5, 5.41) is 5.08. The number of pyridine rings is 2. The van der Waals surface area contributed by atoms with Crippen molar-refractivity contribution in [1.29, 1.82) is 0 Å². The maximum atomic E-state index is 13.0. The molecule has 0 bridgehead atoms. The first kappa shape index (κ1) is 22.7. The van der Waals surface area contributed by atoms with Crippen LogP contribution in [0.1, 0.15) is 40.8 Å². The van der Waals surface area contributed by atoms with Gasteiger partial charge in [0.2, 0.25) is 0 Å². The van der Waals surface area contributed by atoms with Crippen LogP contribution in [-0.2, 0) is 13.1 Å². The van der Waals surface area contributed by atoms with Crippen LogP contribution < -0.4 is 10.9 Å². The normalized spacial score (nSPS) is 11.8. The van der Waals surface area contributed by atoms with E-state index in [9.17, 15) is 4.79 Å². The number of aryl methyl sites for hydroxylation is 2. The molecule has 0 radical (unpaired) electrons. The Morgan fingerprint density at radius 3 is 2.61 bits per heavy atom.